The summed E-state index contributed by atoms with van der Waals surface area (Å²) in [6, 6.07) is 22.4. The van der Waals surface area contributed by atoms with E-state index in [1.807, 2.05) is 22.7 Å². The molecule has 10 heteroatoms. The predicted octanol–water partition coefficient (Wildman–Crippen LogP) is 22.8. The third kappa shape index (κ3) is 12.8. The Bertz CT molecular complexity index is 2810. The summed E-state index contributed by atoms with van der Waals surface area (Å²) in [7, 11) is 0. The molecule has 1 aliphatic rings. The fraction of sp³-hybridized carbons (Fsp3) is 0.556. The molecule has 394 valence electrons. The van der Waals surface area contributed by atoms with Crippen molar-refractivity contribution in [1.29, 1.82) is 0 Å². The van der Waals surface area contributed by atoms with Crippen LogP contribution in [0.5, 0.6) is 0 Å². The van der Waals surface area contributed by atoms with Crippen LogP contribution < -0.4 is 9.86 Å². The van der Waals surface area contributed by atoms with E-state index in [0.29, 0.717) is 11.8 Å². The number of benzene rings is 2. The van der Waals surface area contributed by atoms with E-state index in [1.165, 1.54) is 218 Å². The van der Waals surface area contributed by atoms with Gasteiger partial charge in [-0.05, 0) is 146 Å². The first-order valence-electron chi connectivity index (χ1n) is 28.8. The summed E-state index contributed by atoms with van der Waals surface area (Å²) < 4.78 is 14.1. The maximum Gasteiger partial charge on any atom is 0.114 e. The normalized spacial score (nSPS) is 13.8. The van der Waals surface area contributed by atoms with E-state index in [2.05, 4.69) is 137 Å². The minimum atomic E-state index is -0.0371. The highest BCUT2D eigenvalue weighted by atomic mass is 32.2. The topological polar surface area (TPSA) is 63.8 Å². The number of unbranched alkanes of at least 4 members (excludes halogenated alkanes) is 12. The summed E-state index contributed by atoms with van der Waals surface area (Å²) in [6.07, 6.45) is 29.8. The monoisotopic (exact) mass is 1090 g/mol. The highest BCUT2D eigenvalue weighted by Crippen LogP contribution is 2.63. The van der Waals surface area contributed by atoms with Crippen LogP contribution in [0.15, 0.2) is 54.6 Å². The molecule has 3 N–H and O–H groups in total. The summed E-state index contributed by atoms with van der Waals surface area (Å²) in [5.41, 5.74) is 14.6. The zero-order valence-corrected chi connectivity index (χ0v) is 50.6. The number of nitrogens with two attached hydrogens (primary N) is 1. The zero-order chi connectivity index (χ0) is 51.3. The van der Waals surface area contributed by atoms with Crippen molar-refractivity contribution in [2.45, 2.75) is 227 Å². The molecule has 2 aromatic carbocycles. The molecule has 0 aliphatic heterocycles. The van der Waals surface area contributed by atoms with Gasteiger partial charge in [0.15, 0.2) is 0 Å². The maximum absolute atomic E-state index is 6.42. The lowest BCUT2D eigenvalue weighted by Crippen LogP contribution is -2.25. The Morgan fingerprint density at radius 2 is 1.03 bits per heavy atom. The van der Waals surface area contributed by atoms with Gasteiger partial charge in [-0.1, -0.05) is 158 Å². The van der Waals surface area contributed by atoms with Crippen LogP contribution in [0.2, 0.25) is 0 Å². The van der Waals surface area contributed by atoms with Gasteiger partial charge in [-0.25, -0.2) is 0 Å². The summed E-state index contributed by atoms with van der Waals surface area (Å²) in [5, 5.41) is 6.42. The Labute approximate surface area is 465 Å². The Balaban J connectivity index is 1.29. The Morgan fingerprint density at radius 1 is 0.521 bits per heavy atom. The van der Waals surface area contributed by atoms with Crippen molar-refractivity contribution in [2.24, 2.45) is 5.14 Å². The molecule has 7 aromatic rings. The number of nitrogens with zero attached hydrogens (tertiary/aromatic N) is 2. The number of aryl methyl sites for hydroxylation is 2. The average molecular weight is 1090 g/mol. The van der Waals surface area contributed by atoms with Gasteiger partial charge in [0.25, 0.3) is 0 Å². The fourth-order valence-electron chi connectivity index (χ4n) is 12.0. The van der Waals surface area contributed by atoms with Gasteiger partial charge < -0.3 is 4.72 Å². The van der Waals surface area contributed by atoms with Crippen molar-refractivity contribution in [2.75, 3.05) is 4.72 Å². The standard InChI is InChI=1S/C63H86N4S6/c1-9-15-19-23-29-45-31-33-53(68-45)44-37-47(42(7)27-13-5)57(52(38-44)65-72-64)55-40-50-61(70-55)62-51(63(50,35-25-21-17-11-3)36-26-22-18-12-4)41-56(71-62)58-48(43(8)28-14-6)39-49(59-60(58)67-73-66-59)54-34-32-46(69-54)30-24-20-16-10-2/h31-34,37-43,65H,9-30,35-36,64H2,1-8H3. The summed E-state index contributed by atoms with van der Waals surface area (Å²) in [6.45, 7) is 18.9. The van der Waals surface area contributed by atoms with Crippen LogP contribution in [0.25, 0.3) is 62.6 Å². The number of fused-ring (bicyclic) bond motifs is 4. The quantitative estimate of drug-likeness (QED) is 0.0325. The molecule has 1 aliphatic carbocycles. The van der Waals surface area contributed by atoms with Crippen molar-refractivity contribution in [1.82, 2.24) is 8.75 Å². The third-order valence-electron chi connectivity index (χ3n) is 15.9. The van der Waals surface area contributed by atoms with Crippen molar-refractivity contribution in [3.05, 3.63) is 86.6 Å². The molecule has 73 heavy (non-hydrogen) atoms. The van der Waals surface area contributed by atoms with Gasteiger partial charge >= 0.3 is 0 Å². The first-order chi connectivity index (χ1) is 35.7. The zero-order valence-electron chi connectivity index (χ0n) is 45.7. The van der Waals surface area contributed by atoms with Crippen LogP contribution in [0.3, 0.4) is 0 Å². The molecule has 0 saturated heterocycles. The fourth-order valence-corrected chi connectivity index (χ4v) is 17.7. The first kappa shape index (κ1) is 56.4. The lowest BCUT2D eigenvalue weighted by Gasteiger charge is -2.32. The van der Waals surface area contributed by atoms with Gasteiger partial charge in [-0.15, -0.1) is 45.3 Å². The molecule has 0 spiro atoms. The first-order valence-corrected chi connectivity index (χ1v) is 33.7. The molecule has 2 atom stereocenters. The SMILES string of the molecule is CCCCCCc1ccc(-c2cc(NSN)c(-c3cc4c(s3)-c3sc(-c5c(C(C)CCC)cc(-c6ccc(CCCCCC)s6)c6nsnc56)cc3C4(CCCCCC)CCCCCC)c(C(C)CCC)c2)s1. The van der Waals surface area contributed by atoms with Gasteiger partial charge in [0.05, 0.1) is 17.4 Å². The van der Waals surface area contributed by atoms with Crippen LogP contribution in [0.1, 0.15) is 240 Å². The van der Waals surface area contributed by atoms with E-state index in [4.69, 9.17) is 13.9 Å². The lowest BCUT2D eigenvalue weighted by atomic mass is 9.71. The second kappa shape index (κ2) is 27.5. The van der Waals surface area contributed by atoms with E-state index >= 15 is 0 Å². The number of nitrogens with one attached hydrogen (secondary N) is 1. The van der Waals surface area contributed by atoms with Crippen LogP contribution in [0, 0.1) is 0 Å². The van der Waals surface area contributed by atoms with E-state index in [-0.39, 0.29) is 5.41 Å². The van der Waals surface area contributed by atoms with Crippen molar-refractivity contribution in [3.63, 3.8) is 0 Å². The van der Waals surface area contributed by atoms with Crippen LogP contribution in [-0.2, 0) is 18.3 Å². The van der Waals surface area contributed by atoms with E-state index in [0.717, 1.165) is 48.8 Å². The van der Waals surface area contributed by atoms with Gasteiger partial charge in [0.2, 0.25) is 0 Å². The molecule has 5 aromatic heterocycles. The number of rotatable bonds is 32. The summed E-state index contributed by atoms with van der Waals surface area (Å²) >= 11 is 10.7. The van der Waals surface area contributed by atoms with E-state index < -0.39 is 0 Å². The Kier molecular flexibility index (Phi) is 21.2. The minimum absolute atomic E-state index is 0.0371. The smallest absolute Gasteiger partial charge is 0.114 e. The van der Waals surface area contributed by atoms with Gasteiger partial charge in [-0.3, -0.25) is 5.14 Å². The molecule has 8 rings (SSSR count). The molecule has 4 nitrogen and oxygen atoms in total. The highest BCUT2D eigenvalue weighted by molar-refractivity contribution is 7.98. The van der Waals surface area contributed by atoms with Crippen LogP contribution in [0.4, 0.5) is 5.69 Å². The molecule has 2 unspecified atom stereocenters. The molecule has 5 heterocycles. The molecule has 0 radical (unpaired) electrons. The number of hydrogen-bond acceptors (Lipinski definition) is 10. The Morgan fingerprint density at radius 3 is 1.58 bits per heavy atom. The second-order valence-electron chi connectivity index (χ2n) is 21.5. The van der Waals surface area contributed by atoms with Crippen LogP contribution >= 0.6 is 69.2 Å². The van der Waals surface area contributed by atoms with Gasteiger partial charge in [0.1, 0.15) is 11.0 Å². The molecule has 0 saturated carbocycles. The van der Waals surface area contributed by atoms with Crippen molar-refractivity contribution in [3.8, 4) is 51.5 Å². The molecular formula is C63H86N4S6. The molecular weight excluding hydrogens is 1010 g/mol. The number of thiophene rings is 4. The number of anilines is 1. The maximum atomic E-state index is 6.42. The number of aromatic nitrogens is 2. The molecule has 0 bridgehead atoms. The largest absolute Gasteiger partial charge is 0.316 e. The highest BCUT2D eigenvalue weighted by Gasteiger charge is 2.46. The minimum Gasteiger partial charge on any atom is -0.316 e. The van der Waals surface area contributed by atoms with Crippen molar-refractivity contribution < 1.29 is 0 Å². The lowest BCUT2D eigenvalue weighted by molar-refractivity contribution is 0.402. The van der Waals surface area contributed by atoms with E-state index in [1.54, 1.807) is 11.1 Å². The van der Waals surface area contributed by atoms with Crippen molar-refractivity contribution >= 4 is 85.9 Å². The van der Waals surface area contributed by atoms with Gasteiger partial charge in [0, 0.05) is 73.3 Å². The second-order valence-corrected chi connectivity index (χ2v) is 26.9. The number of hydrogen-bond donors (Lipinski definition) is 2. The van der Waals surface area contributed by atoms with Crippen LogP contribution in [-0.4, -0.2) is 8.75 Å². The summed E-state index contributed by atoms with van der Waals surface area (Å²) in [5.74, 6) is 0.800. The predicted molar refractivity (Wildman–Crippen MR) is 332 cm³/mol. The van der Waals surface area contributed by atoms with E-state index in [9.17, 15) is 0 Å². The Hall–Kier alpha value is -2.83. The third-order valence-corrected chi connectivity index (χ3v) is 21.7. The van der Waals surface area contributed by atoms with Gasteiger partial charge in [-0.2, -0.15) is 8.75 Å². The molecule has 0 amide bonds. The molecule has 0 fully saturated rings. The average Bonchev–Trinajstić information content (AvgIpc) is 4.27. The summed E-state index contributed by atoms with van der Waals surface area (Å²) in [4.78, 5) is 11.4.